The molecule has 1 aromatic heterocycles. The van der Waals surface area contributed by atoms with Crippen LogP contribution in [0.4, 0.5) is 13.2 Å². The zero-order valence-corrected chi connectivity index (χ0v) is 14.8. The molecule has 1 aliphatic rings. The summed E-state index contributed by atoms with van der Waals surface area (Å²) in [6.07, 6.45) is -0.993. The number of benzene rings is 1. The third-order valence-electron chi connectivity index (χ3n) is 4.37. The number of carbonyl (C=O) groups is 1. The Morgan fingerprint density at radius 2 is 2.12 bits per heavy atom. The molecule has 130 valence electrons. The summed E-state index contributed by atoms with van der Waals surface area (Å²) in [7, 11) is 0. The summed E-state index contributed by atoms with van der Waals surface area (Å²) in [5.41, 5.74) is 0.756. The van der Waals surface area contributed by atoms with Crippen LogP contribution in [0.2, 0.25) is 0 Å². The summed E-state index contributed by atoms with van der Waals surface area (Å²) in [6, 6.07) is 5.07. The van der Waals surface area contributed by atoms with Gasteiger partial charge in [-0.2, -0.15) is 13.2 Å². The van der Waals surface area contributed by atoms with Crippen molar-refractivity contribution in [3.8, 4) is 0 Å². The van der Waals surface area contributed by atoms with Gasteiger partial charge in [0.2, 0.25) is 0 Å². The van der Waals surface area contributed by atoms with Gasteiger partial charge in [0, 0.05) is 29.1 Å². The van der Waals surface area contributed by atoms with E-state index in [4.69, 9.17) is 0 Å². The lowest BCUT2D eigenvalue weighted by Gasteiger charge is -2.30. The van der Waals surface area contributed by atoms with Crippen LogP contribution < -0.4 is 0 Å². The van der Waals surface area contributed by atoms with E-state index in [0.717, 1.165) is 17.4 Å². The largest absolute Gasteiger partial charge is 0.406 e. The third kappa shape index (κ3) is 3.61. The third-order valence-corrected chi connectivity index (χ3v) is 4.86. The fourth-order valence-corrected chi connectivity index (χ4v) is 3.65. The number of aromatic nitrogens is 1. The van der Waals surface area contributed by atoms with E-state index in [-0.39, 0.29) is 5.91 Å². The molecule has 0 bridgehead atoms. The molecule has 1 unspecified atom stereocenters. The molecule has 1 saturated heterocycles. The van der Waals surface area contributed by atoms with Gasteiger partial charge in [0.15, 0.2) is 0 Å². The van der Waals surface area contributed by atoms with Crippen LogP contribution in [0, 0.1) is 5.92 Å². The zero-order valence-electron chi connectivity index (χ0n) is 13.2. The van der Waals surface area contributed by atoms with Crippen LogP contribution in [0.15, 0.2) is 28.9 Å². The van der Waals surface area contributed by atoms with Gasteiger partial charge in [0.05, 0.1) is 11.1 Å². The van der Waals surface area contributed by atoms with Crippen LogP contribution >= 0.6 is 15.9 Å². The lowest BCUT2D eigenvalue weighted by molar-refractivity contribution is -0.139. The average molecular weight is 403 g/mol. The Hall–Kier alpha value is -1.50. The lowest BCUT2D eigenvalue weighted by atomic mass is 9.99. The van der Waals surface area contributed by atoms with E-state index in [1.165, 1.54) is 6.20 Å². The number of likely N-dealkylation sites (tertiary alicyclic amines) is 1. The molecule has 2 heterocycles. The summed E-state index contributed by atoms with van der Waals surface area (Å²) in [6.45, 7) is 2.29. The highest BCUT2D eigenvalue weighted by atomic mass is 79.9. The summed E-state index contributed by atoms with van der Waals surface area (Å²) in [5.74, 6) is 0.232. The summed E-state index contributed by atoms with van der Waals surface area (Å²) >= 11 is 3.29. The molecule has 7 heteroatoms. The van der Waals surface area contributed by atoms with Gasteiger partial charge in [0.1, 0.15) is 6.54 Å². The number of carbonyl (C=O) groups excluding carboxylic acids is 1. The zero-order chi connectivity index (χ0) is 17.5. The molecule has 3 rings (SSSR count). The second-order valence-electron chi connectivity index (χ2n) is 6.45. The Bertz CT molecular complexity index is 769. The maximum Gasteiger partial charge on any atom is 0.406 e. The molecule has 1 aromatic carbocycles. The van der Waals surface area contributed by atoms with Crippen LogP contribution in [0.5, 0.6) is 0 Å². The number of amides is 1. The Morgan fingerprint density at radius 1 is 1.38 bits per heavy atom. The maximum absolute atomic E-state index is 12.9. The first-order valence-corrected chi connectivity index (χ1v) is 8.68. The first kappa shape index (κ1) is 17.3. The number of halogens is 4. The first-order valence-electron chi connectivity index (χ1n) is 7.89. The Balaban J connectivity index is 2.02. The quantitative estimate of drug-likeness (QED) is 0.705. The molecule has 0 aliphatic carbocycles. The molecule has 0 saturated carbocycles. The molecular weight excluding hydrogens is 385 g/mol. The molecule has 1 aliphatic heterocycles. The normalized spacial score (nSPS) is 19.0. The molecule has 1 fully saturated rings. The Kier molecular flexibility index (Phi) is 4.64. The molecule has 0 N–H and O–H groups in total. The van der Waals surface area contributed by atoms with Gasteiger partial charge in [-0.3, -0.25) is 4.79 Å². The molecule has 0 radical (unpaired) electrons. The van der Waals surface area contributed by atoms with Crippen LogP contribution in [0.1, 0.15) is 30.1 Å². The fourth-order valence-electron chi connectivity index (χ4n) is 3.30. The van der Waals surface area contributed by atoms with E-state index in [2.05, 4.69) is 22.9 Å². The molecule has 2 aromatic rings. The highest BCUT2D eigenvalue weighted by Crippen LogP contribution is 2.30. The van der Waals surface area contributed by atoms with Crippen molar-refractivity contribution in [1.29, 1.82) is 0 Å². The van der Waals surface area contributed by atoms with E-state index in [9.17, 15) is 18.0 Å². The molecule has 24 heavy (non-hydrogen) atoms. The second-order valence-corrected chi connectivity index (χ2v) is 7.36. The van der Waals surface area contributed by atoms with Crippen molar-refractivity contribution in [2.75, 3.05) is 13.1 Å². The van der Waals surface area contributed by atoms with Crippen molar-refractivity contribution >= 4 is 32.7 Å². The first-order chi connectivity index (χ1) is 11.2. The van der Waals surface area contributed by atoms with Crippen molar-refractivity contribution in [3.05, 3.63) is 34.4 Å². The lowest BCUT2D eigenvalue weighted by Crippen LogP contribution is -2.39. The number of fused-ring (bicyclic) bond motifs is 1. The predicted octanol–water partition coefficient (Wildman–Crippen LogP) is 4.84. The minimum Gasteiger partial charge on any atom is -0.338 e. The maximum atomic E-state index is 12.9. The number of nitrogens with zero attached hydrogens (tertiary/aromatic N) is 2. The molecular formula is C17H18BrF3N2O. The summed E-state index contributed by atoms with van der Waals surface area (Å²) < 4.78 is 40.4. The van der Waals surface area contributed by atoms with E-state index in [1.807, 2.05) is 0 Å². The standard InChI is InChI=1S/C17H18BrF3N2O/c1-11-3-2-6-22(8-11)16(24)14-9-23(10-17(19,20)21)15-7-12(18)4-5-13(14)15/h4-5,7,9,11H,2-3,6,8,10H2,1H3. The van der Waals surface area contributed by atoms with Gasteiger partial charge in [0.25, 0.3) is 5.91 Å². The average Bonchev–Trinajstić information content (AvgIpc) is 2.82. The smallest absolute Gasteiger partial charge is 0.338 e. The summed E-state index contributed by atoms with van der Waals surface area (Å²) in [5, 5.41) is 0.561. The van der Waals surface area contributed by atoms with Crippen LogP contribution in [0.3, 0.4) is 0 Å². The van der Waals surface area contributed by atoms with E-state index in [1.54, 1.807) is 23.1 Å². The predicted molar refractivity (Wildman–Crippen MR) is 90.0 cm³/mol. The molecule has 3 nitrogen and oxygen atoms in total. The van der Waals surface area contributed by atoms with Crippen molar-refractivity contribution in [2.24, 2.45) is 5.92 Å². The van der Waals surface area contributed by atoms with E-state index >= 15 is 0 Å². The highest BCUT2D eigenvalue weighted by molar-refractivity contribution is 9.10. The van der Waals surface area contributed by atoms with Crippen molar-refractivity contribution < 1.29 is 18.0 Å². The Labute approximate surface area is 146 Å². The van der Waals surface area contributed by atoms with Crippen molar-refractivity contribution in [3.63, 3.8) is 0 Å². The van der Waals surface area contributed by atoms with Gasteiger partial charge in [-0.15, -0.1) is 0 Å². The number of hydrogen-bond donors (Lipinski definition) is 0. The van der Waals surface area contributed by atoms with Gasteiger partial charge < -0.3 is 9.47 Å². The topological polar surface area (TPSA) is 25.2 Å². The van der Waals surface area contributed by atoms with Crippen LogP contribution in [-0.2, 0) is 6.54 Å². The number of hydrogen-bond acceptors (Lipinski definition) is 1. The minimum absolute atomic E-state index is 0.185. The van der Waals surface area contributed by atoms with Gasteiger partial charge in [-0.1, -0.05) is 28.9 Å². The number of rotatable bonds is 2. The van der Waals surface area contributed by atoms with Crippen molar-refractivity contribution in [2.45, 2.75) is 32.5 Å². The van der Waals surface area contributed by atoms with Crippen LogP contribution in [0.25, 0.3) is 10.9 Å². The number of piperidine rings is 1. The monoisotopic (exact) mass is 402 g/mol. The van der Waals surface area contributed by atoms with E-state index in [0.29, 0.717) is 39.9 Å². The van der Waals surface area contributed by atoms with Gasteiger partial charge in [-0.05, 0) is 30.9 Å². The second kappa shape index (κ2) is 6.43. The molecule has 1 atom stereocenters. The molecule has 1 amide bonds. The van der Waals surface area contributed by atoms with Crippen molar-refractivity contribution in [1.82, 2.24) is 9.47 Å². The van der Waals surface area contributed by atoms with Crippen LogP contribution in [-0.4, -0.2) is 34.6 Å². The van der Waals surface area contributed by atoms with Gasteiger partial charge in [-0.25, -0.2) is 0 Å². The van der Waals surface area contributed by atoms with E-state index < -0.39 is 12.7 Å². The van der Waals surface area contributed by atoms with Gasteiger partial charge >= 0.3 is 6.18 Å². The Morgan fingerprint density at radius 3 is 2.79 bits per heavy atom. The summed E-state index contributed by atoms with van der Waals surface area (Å²) in [4.78, 5) is 14.6. The minimum atomic E-state index is -4.34. The number of alkyl halides is 3. The fraction of sp³-hybridized carbons (Fsp3) is 0.471. The SMILES string of the molecule is CC1CCCN(C(=O)c2cn(CC(F)(F)F)c3cc(Br)ccc23)C1. The highest BCUT2D eigenvalue weighted by Gasteiger charge is 2.31. The molecule has 0 spiro atoms.